The van der Waals surface area contributed by atoms with E-state index in [4.69, 9.17) is 9.73 Å². The number of anilines is 1. The number of carbonyl (C=O) groups excluding carboxylic acids is 2. The summed E-state index contributed by atoms with van der Waals surface area (Å²) in [6, 6.07) is 13.1. The van der Waals surface area contributed by atoms with Crippen LogP contribution in [0.1, 0.15) is 36.9 Å². The minimum Gasteiger partial charge on any atom is -0.466 e. The van der Waals surface area contributed by atoms with E-state index in [0.29, 0.717) is 23.4 Å². The molecule has 1 unspecified atom stereocenters. The van der Waals surface area contributed by atoms with Gasteiger partial charge in [0, 0.05) is 11.4 Å². The Labute approximate surface area is 196 Å². The lowest BCUT2D eigenvalue weighted by Gasteiger charge is -2.36. The Kier molecular flexibility index (Phi) is 6.65. The van der Waals surface area contributed by atoms with Crippen molar-refractivity contribution in [2.24, 2.45) is 4.99 Å². The van der Waals surface area contributed by atoms with Gasteiger partial charge in [-0.05, 0) is 48.6 Å². The second-order valence-electron chi connectivity index (χ2n) is 7.74. The van der Waals surface area contributed by atoms with Gasteiger partial charge in [0.2, 0.25) is 5.91 Å². The molecular formula is C25H24FN3O3S. The molecule has 0 spiro atoms. The molecule has 0 saturated carbocycles. The topological polar surface area (TPSA) is 71.0 Å². The maximum absolute atomic E-state index is 13.2. The van der Waals surface area contributed by atoms with Gasteiger partial charge in [-0.15, -0.1) is 0 Å². The summed E-state index contributed by atoms with van der Waals surface area (Å²) < 4.78 is 18.3. The Morgan fingerprint density at radius 2 is 1.85 bits per heavy atom. The summed E-state index contributed by atoms with van der Waals surface area (Å²) in [5, 5.41) is 5.40. The fourth-order valence-corrected chi connectivity index (χ4v) is 4.82. The van der Waals surface area contributed by atoms with E-state index in [1.165, 1.54) is 43.1 Å². The summed E-state index contributed by atoms with van der Waals surface area (Å²) in [5.41, 5.74) is 4.40. The number of hydrogen-bond donors (Lipinski definition) is 1. The number of halogens is 1. The molecule has 2 aliphatic rings. The zero-order chi connectivity index (χ0) is 23.5. The van der Waals surface area contributed by atoms with E-state index in [-0.39, 0.29) is 18.1 Å². The predicted molar refractivity (Wildman–Crippen MR) is 128 cm³/mol. The highest BCUT2D eigenvalue weighted by atomic mass is 32.2. The number of nitrogens with zero attached hydrogens (tertiary/aromatic N) is 2. The Balaban J connectivity index is 1.67. The maximum atomic E-state index is 13.2. The van der Waals surface area contributed by atoms with Crippen LogP contribution in [0.15, 0.2) is 75.9 Å². The highest BCUT2D eigenvalue weighted by Gasteiger charge is 2.41. The number of fused-ring (bicyclic) bond motifs is 1. The molecule has 0 aromatic heterocycles. The molecule has 0 fully saturated rings. The molecule has 0 aliphatic carbocycles. The zero-order valence-electron chi connectivity index (χ0n) is 18.6. The molecule has 6 nitrogen and oxygen atoms in total. The van der Waals surface area contributed by atoms with E-state index >= 15 is 0 Å². The largest absolute Gasteiger partial charge is 0.466 e. The van der Waals surface area contributed by atoms with Crippen LogP contribution in [0.2, 0.25) is 0 Å². The van der Waals surface area contributed by atoms with Crippen molar-refractivity contribution in [1.29, 1.82) is 0 Å². The average Bonchev–Trinajstić information content (AvgIpc) is 3.21. The molecular weight excluding hydrogens is 441 g/mol. The molecule has 2 aliphatic heterocycles. The first-order chi connectivity index (χ1) is 15.9. The Bertz CT molecular complexity index is 1170. The van der Waals surface area contributed by atoms with Gasteiger partial charge in [-0.3, -0.25) is 4.79 Å². The Morgan fingerprint density at radius 3 is 2.48 bits per heavy atom. The van der Waals surface area contributed by atoms with Crippen molar-refractivity contribution in [3.8, 4) is 0 Å². The third-order valence-electron chi connectivity index (χ3n) is 5.49. The summed E-state index contributed by atoms with van der Waals surface area (Å²) in [4.78, 5) is 32.3. The van der Waals surface area contributed by atoms with Gasteiger partial charge in [-0.1, -0.05) is 48.5 Å². The third kappa shape index (κ3) is 4.71. The summed E-state index contributed by atoms with van der Waals surface area (Å²) >= 11 is 1.42. The monoisotopic (exact) mass is 465 g/mol. The van der Waals surface area contributed by atoms with Crippen molar-refractivity contribution >= 4 is 34.5 Å². The van der Waals surface area contributed by atoms with E-state index in [2.05, 4.69) is 5.32 Å². The van der Waals surface area contributed by atoms with Gasteiger partial charge in [0.25, 0.3) is 0 Å². The number of methoxy groups -OCH3 is 1. The molecule has 8 heteroatoms. The molecule has 4 rings (SSSR count). The fraction of sp³-hybridized carbons (Fsp3) is 0.240. The van der Waals surface area contributed by atoms with E-state index in [9.17, 15) is 14.0 Å². The smallest absolute Gasteiger partial charge is 0.338 e. The summed E-state index contributed by atoms with van der Waals surface area (Å²) in [5.74, 6) is -1.05. The number of carbonyl (C=O) groups is 2. The number of esters is 1. The van der Waals surface area contributed by atoms with Gasteiger partial charge in [-0.25, -0.2) is 14.2 Å². The van der Waals surface area contributed by atoms with Crippen LogP contribution in [0.4, 0.5) is 10.1 Å². The Hall–Kier alpha value is -3.39. The number of aliphatic imine (C=N–C) groups is 1. The van der Waals surface area contributed by atoms with Crippen molar-refractivity contribution in [3.63, 3.8) is 0 Å². The minimum absolute atomic E-state index is 0.0711. The number of rotatable bonds is 6. The van der Waals surface area contributed by atoms with Gasteiger partial charge in [0.1, 0.15) is 5.82 Å². The minimum atomic E-state index is -0.458. The molecule has 2 heterocycles. The number of ether oxygens (including phenoxy) is 1. The molecule has 1 amide bonds. The average molecular weight is 466 g/mol. The second-order valence-corrected chi connectivity index (χ2v) is 8.58. The SMILES string of the molecule is CCC1=C(C(=O)OC)C(c2ccc(C)cc2)N2C(CC(=O)Nc3ccc(F)cc3)=CSC2=N1. The van der Waals surface area contributed by atoms with Crippen LogP contribution in [0.25, 0.3) is 0 Å². The summed E-state index contributed by atoms with van der Waals surface area (Å²) in [6.45, 7) is 3.96. The van der Waals surface area contributed by atoms with Crippen LogP contribution in [0.3, 0.4) is 0 Å². The van der Waals surface area contributed by atoms with Crippen molar-refractivity contribution < 1.29 is 18.7 Å². The van der Waals surface area contributed by atoms with Gasteiger partial charge in [0.05, 0.1) is 30.8 Å². The number of amidine groups is 1. The molecule has 2 aromatic carbocycles. The van der Waals surface area contributed by atoms with Crippen LogP contribution >= 0.6 is 11.8 Å². The molecule has 0 radical (unpaired) electrons. The molecule has 170 valence electrons. The quantitative estimate of drug-likeness (QED) is 0.586. The van der Waals surface area contributed by atoms with Crippen LogP contribution in [-0.4, -0.2) is 29.1 Å². The second kappa shape index (κ2) is 9.62. The first-order valence-electron chi connectivity index (χ1n) is 10.6. The van der Waals surface area contributed by atoms with Crippen molar-refractivity contribution in [2.45, 2.75) is 32.7 Å². The number of hydrogen-bond acceptors (Lipinski definition) is 6. The molecule has 1 atom stereocenters. The van der Waals surface area contributed by atoms with E-state index < -0.39 is 12.0 Å². The Morgan fingerprint density at radius 1 is 1.15 bits per heavy atom. The molecule has 2 aromatic rings. The normalized spacial score (nSPS) is 17.3. The number of nitrogens with one attached hydrogen (secondary N) is 1. The van der Waals surface area contributed by atoms with Crippen LogP contribution in [-0.2, 0) is 14.3 Å². The number of amides is 1. The zero-order valence-corrected chi connectivity index (χ0v) is 19.4. The van der Waals surface area contributed by atoms with Crippen LogP contribution in [0.5, 0.6) is 0 Å². The molecule has 33 heavy (non-hydrogen) atoms. The highest BCUT2D eigenvalue weighted by molar-refractivity contribution is 8.16. The first kappa shape index (κ1) is 22.8. The van der Waals surface area contributed by atoms with Gasteiger partial charge in [-0.2, -0.15) is 0 Å². The number of aryl methyl sites for hydroxylation is 1. The summed E-state index contributed by atoms with van der Waals surface area (Å²) in [7, 11) is 1.36. The number of allylic oxidation sites excluding steroid dienone is 1. The fourth-order valence-electron chi connectivity index (χ4n) is 3.88. The van der Waals surface area contributed by atoms with E-state index in [1.807, 2.05) is 48.4 Å². The molecule has 0 saturated heterocycles. The van der Waals surface area contributed by atoms with E-state index in [0.717, 1.165) is 22.0 Å². The van der Waals surface area contributed by atoms with Gasteiger partial charge < -0.3 is 15.0 Å². The van der Waals surface area contributed by atoms with Crippen molar-refractivity contribution in [1.82, 2.24) is 4.90 Å². The predicted octanol–water partition coefficient (Wildman–Crippen LogP) is 5.30. The van der Waals surface area contributed by atoms with Gasteiger partial charge in [0.15, 0.2) is 5.17 Å². The van der Waals surface area contributed by atoms with E-state index in [1.54, 1.807) is 0 Å². The third-order valence-corrected chi connectivity index (χ3v) is 6.38. The van der Waals surface area contributed by atoms with Crippen LogP contribution in [0, 0.1) is 12.7 Å². The lowest BCUT2D eigenvalue weighted by atomic mass is 9.92. The lowest BCUT2D eigenvalue weighted by Crippen LogP contribution is -2.37. The van der Waals surface area contributed by atoms with Crippen molar-refractivity contribution in [2.75, 3.05) is 12.4 Å². The van der Waals surface area contributed by atoms with Crippen molar-refractivity contribution in [3.05, 3.63) is 87.9 Å². The molecule has 1 N–H and O–H groups in total. The highest BCUT2D eigenvalue weighted by Crippen LogP contribution is 2.45. The number of benzene rings is 2. The number of thioether (sulfide) groups is 1. The standard InChI is InChI=1S/C25H24FN3O3S/c1-4-20-22(24(31)32-3)23(16-7-5-15(2)6-8-16)29-19(14-33-25(29)28-20)13-21(30)27-18-11-9-17(26)10-12-18/h5-12,14,23H,4,13H2,1-3H3,(H,27,30). The maximum Gasteiger partial charge on any atom is 0.338 e. The first-order valence-corrected chi connectivity index (χ1v) is 11.5. The lowest BCUT2D eigenvalue weighted by molar-refractivity contribution is -0.136. The summed E-state index contributed by atoms with van der Waals surface area (Å²) in [6.07, 6.45) is 0.646. The van der Waals surface area contributed by atoms with Gasteiger partial charge >= 0.3 is 5.97 Å². The van der Waals surface area contributed by atoms with Crippen LogP contribution < -0.4 is 5.32 Å². The molecule has 0 bridgehead atoms.